The zero-order valence-electron chi connectivity index (χ0n) is 6.86. The summed E-state index contributed by atoms with van der Waals surface area (Å²) in [5, 5.41) is 4.06. The molecule has 0 radical (unpaired) electrons. The van der Waals surface area contributed by atoms with Crippen LogP contribution in [0.3, 0.4) is 0 Å². The van der Waals surface area contributed by atoms with E-state index in [1.54, 1.807) is 4.68 Å². The van der Waals surface area contributed by atoms with E-state index >= 15 is 0 Å². The van der Waals surface area contributed by atoms with Crippen LogP contribution in [0.5, 0.6) is 0 Å². The second-order valence-electron chi connectivity index (χ2n) is 3.06. The summed E-state index contributed by atoms with van der Waals surface area (Å²) >= 11 is 0. The van der Waals surface area contributed by atoms with Crippen molar-refractivity contribution < 1.29 is 0 Å². The second-order valence-corrected chi connectivity index (χ2v) is 3.06. The van der Waals surface area contributed by atoms with Gasteiger partial charge in [-0.05, 0) is 12.8 Å². The molecular formula is C7H13Cl2N3. The molecule has 2 N–H and O–H groups in total. The molecule has 0 aliphatic heterocycles. The number of hydrogen-bond donors (Lipinski definition) is 1. The van der Waals surface area contributed by atoms with Gasteiger partial charge in [-0.15, -0.1) is 24.8 Å². The van der Waals surface area contributed by atoms with Crippen molar-refractivity contribution in [1.82, 2.24) is 9.78 Å². The Balaban J connectivity index is 0.000000605. The van der Waals surface area contributed by atoms with E-state index in [0.717, 1.165) is 12.8 Å². The number of aryl methyl sites for hydroxylation is 1. The van der Waals surface area contributed by atoms with Gasteiger partial charge in [0.1, 0.15) is 0 Å². The van der Waals surface area contributed by atoms with Crippen molar-refractivity contribution in [3.63, 3.8) is 0 Å². The molecule has 0 aromatic carbocycles. The zero-order chi connectivity index (χ0) is 7.19. The average molecular weight is 210 g/mol. The van der Waals surface area contributed by atoms with Crippen molar-refractivity contribution in [1.29, 1.82) is 0 Å². The molecule has 0 spiro atoms. The molecule has 0 saturated heterocycles. The molecule has 0 unspecified atom stereocenters. The molecule has 0 amide bonds. The molecule has 0 bridgehead atoms. The summed E-state index contributed by atoms with van der Waals surface area (Å²) in [6.45, 7) is 0. The summed E-state index contributed by atoms with van der Waals surface area (Å²) in [5.74, 6) is 0. The Bertz CT molecular complexity index is 255. The predicted molar refractivity (Wildman–Crippen MR) is 52.8 cm³/mol. The van der Waals surface area contributed by atoms with Crippen molar-refractivity contribution in [2.45, 2.75) is 18.4 Å². The summed E-state index contributed by atoms with van der Waals surface area (Å²) in [6.07, 6.45) is 6.07. The van der Waals surface area contributed by atoms with Gasteiger partial charge in [-0.1, -0.05) is 0 Å². The average Bonchev–Trinajstić information content (AvgIpc) is 2.45. The molecule has 12 heavy (non-hydrogen) atoms. The van der Waals surface area contributed by atoms with E-state index in [1.165, 1.54) is 5.56 Å². The van der Waals surface area contributed by atoms with Gasteiger partial charge in [0.25, 0.3) is 0 Å². The first kappa shape index (κ1) is 11.8. The third-order valence-corrected chi connectivity index (χ3v) is 2.07. The molecule has 2 rings (SSSR count). The van der Waals surface area contributed by atoms with Crippen molar-refractivity contribution >= 4 is 24.8 Å². The van der Waals surface area contributed by atoms with E-state index in [2.05, 4.69) is 5.10 Å². The van der Waals surface area contributed by atoms with E-state index < -0.39 is 0 Å². The van der Waals surface area contributed by atoms with Gasteiger partial charge in [0.15, 0.2) is 0 Å². The molecule has 1 aromatic rings. The number of halogens is 2. The summed E-state index contributed by atoms with van der Waals surface area (Å²) in [5.41, 5.74) is 7.08. The lowest BCUT2D eigenvalue weighted by Gasteiger charge is -2.01. The van der Waals surface area contributed by atoms with Crippen molar-refractivity contribution in [2.75, 3.05) is 0 Å². The normalized spacial score (nSPS) is 17.5. The number of nitrogens with two attached hydrogens (primary N) is 1. The maximum Gasteiger partial charge on any atom is 0.0540 e. The lowest BCUT2D eigenvalue weighted by Crippen LogP contribution is -2.17. The minimum Gasteiger partial charge on any atom is -0.321 e. The lowest BCUT2D eigenvalue weighted by atomic mass is 10.1. The SMILES string of the molecule is Cl.Cl.Cn1cc(C2(N)CC2)cn1. The first-order chi connectivity index (χ1) is 4.71. The van der Waals surface area contributed by atoms with Gasteiger partial charge >= 0.3 is 0 Å². The highest BCUT2D eigenvalue weighted by molar-refractivity contribution is 5.85. The molecule has 0 atom stereocenters. The van der Waals surface area contributed by atoms with Crippen LogP contribution < -0.4 is 5.73 Å². The highest BCUT2D eigenvalue weighted by atomic mass is 35.5. The Hall–Kier alpha value is -0.250. The van der Waals surface area contributed by atoms with Crippen LogP contribution >= 0.6 is 24.8 Å². The number of hydrogen-bond acceptors (Lipinski definition) is 2. The van der Waals surface area contributed by atoms with Gasteiger partial charge < -0.3 is 5.73 Å². The Morgan fingerprint density at radius 1 is 1.50 bits per heavy atom. The van der Waals surface area contributed by atoms with Crippen LogP contribution in [0, 0.1) is 0 Å². The smallest absolute Gasteiger partial charge is 0.0540 e. The summed E-state index contributed by atoms with van der Waals surface area (Å²) < 4.78 is 1.79. The molecule has 70 valence electrons. The summed E-state index contributed by atoms with van der Waals surface area (Å²) in [4.78, 5) is 0. The summed E-state index contributed by atoms with van der Waals surface area (Å²) in [7, 11) is 1.91. The van der Waals surface area contributed by atoms with Crippen LogP contribution in [0.1, 0.15) is 18.4 Å². The number of aromatic nitrogens is 2. The van der Waals surface area contributed by atoms with Gasteiger partial charge in [-0.3, -0.25) is 4.68 Å². The Morgan fingerprint density at radius 3 is 2.42 bits per heavy atom. The van der Waals surface area contributed by atoms with E-state index in [-0.39, 0.29) is 30.4 Å². The Labute approximate surface area is 84.1 Å². The molecule has 1 aliphatic carbocycles. The largest absolute Gasteiger partial charge is 0.321 e. The molecule has 1 fully saturated rings. The predicted octanol–water partition coefficient (Wildman–Crippen LogP) is 1.21. The molecule has 5 heteroatoms. The van der Waals surface area contributed by atoms with E-state index in [9.17, 15) is 0 Å². The molecular weight excluding hydrogens is 197 g/mol. The zero-order valence-corrected chi connectivity index (χ0v) is 8.49. The monoisotopic (exact) mass is 209 g/mol. The molecule has 1 aromatic heterocycles. The van der Waals surface area contributed by atoms with Crippen LogP contribution in [0.25, 0.3) is 0 Å². The van der Waals surface area contributed by atoms with Gasteiger partial charge in [0, 0.05) is 24.3 Å². The quantitative estimate of drug-likeness (QED) is 0.757. The molecule has 3 nitrogen and oxygen atoms in total. The number of rotatable bonds is 1. The highest BCUT2D eigenvalue weighted by Gasteiger charge is 2.40. The van der Waals surface area contributed by atoms with Crippen LogP contribution in [-0.2, 0) is 12.6 Å². The minimum atomic E-state index is -0.0196. The molecule has 1 heterocycles. The van der Waals surface area contributed by atoms with E-state index in [1.807, 2.05) is 19.4 Å². The molecule has 1 aliphatic rings. The fraction of sp³-hybridized carbons (Fsp3) is 0.571. The number of nitrogens with zero attached hydrogens (tertiary/aromatic N) is 2. The van der Waals surface area contributed by atoms with Gasteiger partial charge in [-0.2, -0.15) is 5.10 Å². The summed E-state index contributed by atoms with van der Waals surface area (Å²) in [6, 6.07) is 0. The van der Waals surface area contributed by atoms with Crippen LogP contribution in [-0.4, -0.2) is 9.78 Å². The highest BCUT2D eigenvalue weighted by Crippen LogP contribution is 2.42. The van der Waals surface area contributed by atoms with Crippen molar-refractivity contribution in [3.8, 4) is 0 Å². The van der Waals surface area contributed by atoms with Gasteiger partial charge in [0.05, 0.1) is 6.20 Å². The maximum absolute atomic E-state index is 5.93. The van der Waals surface area contributed by atoms with Crippen LogP contribution in [0.2, 0.25) is 0 Å². The Kier molecular flexibility index (Phi) is 3.57. The first-order valence-corrected chi connectivity index (χ1v) is 3.49. The van der Waals surface area contributed by atoms with Gasteiger partial charge in [0.2, 0.25) is 0 Å². The first-order valence-electron chi connectivity index (χ1n) is 3.49. The maximum atomic E-state index is 5.93. The fourth-order valence-electron chi connectivity index (χ4n) is 1.10. The second kappa shape index (κ2) is 3.64. The van der Waals surface area contributed by atoms with Gasteiger partial charge in [-0.25, -0.2) is 0 Å². The van der Waals surface area contributed by atoms with Crippen LogP contribution in [0.4, 0.5) is 0 Å². The fourth-order valence-corrected chi connectivity index (χ4v) is 1.10. The van der Waals surface area contributed by atoms with Crippen LogP contribution in [0.15, 0.2) is 12.4 Å². The Morgan fingerprint density at radius 2 is 2.08 bits per heavy atom. The van der Waals surface area contributed by atoms with Crippen molar-refractivity contribution in [3.05, 3.63) is 18.0 Å². The third-order valence-electron chi connectivity index (χ3n) is 2.07. The minimum absolute atomic E-state index is 0. The topological polar surface area (TPSA) is 43.8 Å². The lowest BCUT2D eigenvalue weighted by molar-refractivity contribution is 0.731. The molecule has 1 saturated carbocycles. The van der Waals surface area contributed by atoms with Crippen molar-refractivity contribution in [2.24, 2.45) is 12.8 Å². The third kappa shape index (κ3) is 1.91. The standard InChI is InChI=1S/C7H11N3.2ClH/c1-10-5-6(4-9-10)7(8)2-3-7;;/h4-5H,2-3,8H2,1H3;2*1H. The van der Waals surface area contributed by atoms with E-state index in [4.69, 9.17) is 5.73 Å². The van der Waals surface area contributed by atoms with E-state index in [0.29, 0.717) is 0 Å².